The highest BCUT2D eigenvalue weighted by Crippen LogP contribution is 2.12. The van der Waals surface area contributed by atoms with Crippen LogP contribution in [0.5, 0.6) is 0 Å². The van der Waals surface area contributed by atoms with Gasteiger partial charge in [-0.15, -0.1) is 0 Å². The summed E-state index contributed by atoms with van der Waals surface area (Å²) < 4.78 is 0. The molecule has 0 aliphatic rings. The van der Waals surface area contributed by atoms with Crippen molar-refractivity contribution >= 4 is 82.9 Å². The summed E-state index contributed by atoms with van der Waals surface area (Å²) >= 11 is 0. The number of nitrogens with zero attached hydrogens (tertiary/aromatic N) is 3. The Hall–Kier alpha value is -8.34. The first-order valence-electron chi connectivity index (χ1n) is 28.3. The van der Waals surface area contributed by atoms with Crippen LogP contribution in [-0.4, -0.2) is 188 Å². The highest BCUT2D eigenvalue weighted by Gasteiger charge is 2.36. The Balaban J connectivity index is 7.07. The quantitative estimate of drug-likeness (QED) is 0.0153. The molecule has 32 N–H and O–H groups in total. The molecule has 0 rings (SSSR count). The molecule has 0 fully saturated rings. The number of guanidine groups is 4. The Morgan fingerprint density at radius 1 is 0.412 bits per heavy atom. The molecule has 0 saturated heterocycles. The molecule has 0 saturated carbocycles. The van der Waals surface area contributed by atoms with Crippen molar-refractivity contribution < 1.29 is 53.1 Å². The van der Waals surface area contributed by atoms with Crippen molar-refractivity contribution in [3.63, 3.8) is 0 Å². The second kappa shape index (κ2) is 42.5. The molecule has 0 unspecified atom stereocenters. The molecule has 35 nitrogen and oxygen atoms in total. The molecule has 10 atom stereocenters. The van der Waals surface area contributed by atoms with E-state index >= 15 is 0 Å². The van der Waals surface area contributed by atoms with Crippen molar-refractivity contribution in [1.82, 2.24) is 53.2 Å². The van der Waals surface area contributed by atoms with E-state index < -0.39 is 125 Å². The van der Waals surface area contributed by atoms with E-state index in [9.17, 15) is 53.1 Å². The van der Waals surface area contributed by atoms with Crippen LogP contribution in [0.2, 0.25) is 0 Å². The lowest BCUT2D eigenvalue weighted by Crippen LogP contribution is -2.61. The van der Waals surface area contributed by atoms with E-state index in [2.05, 4.69) is 68.1 Å². The van der Waals surface area contributed by atoms with Gasteiger partial charge in [-0.25, -0.2) is 0 Å². The van der Waals surface area contributed by atoms with Crippen LogP contribution in [0.3, 0.4) is 0 Å². The molecule has 0 radical (unpaired) electrons. The minimum Gasteiger partial charge on any atom is -0.391 e. The number of amides is 10. The van der Waals surface area contributed by atoms with Gasteiger partial charge >= 0.3 is 0 Å². The summed E-state index contributed by atoms with van der Waals surface area (Å²) in [5, 5.41) is 43.7. The number of carbonyl (C=O) groups is 10. The predicted octanol–water partition coefficient (Wildman–Crippen LogP) is -8.41. The van der Waals surface area contributed by atoms with E-state index in [1.54, 1.807) is 13.8 Å². The van der Waals surface area contributed by atoms with Gasteiger partial charge in [-0.3, -0.25) is 68.3 Å². The van der Waals surface area contributed by atoms with Gasteiger partial charge in [-0.2, -0.15) is 0 Å². The number of aliphatic imine (C=N–C) groups is 3. The lowest BCUT2D eigenvalue weighted by molar-refractivity contribution is -0.136. The molecule has 0 aromatic heterocycles. The Morgan fingerprint density at radius 3 is 1.05 bits per heavy atom. The van der Waals surface area contributed by atoms with Gasteiger partial charge in [-0.05, 0) is 123 Å². The number of aliphatic hydroxyl groups is 1. The highest BCUT2D eigenvalue weighted by atomic mass is 16.3. The molecule has 35 heteroatoms. The number of rotatable bonds is 44. The molecule has 0 bridgehead atoms. The number of aliphatic hydroxyl groups excluding tert-OH is 1. The molecule has 0 aliphatic heterocycles. The number of hydrogen-bond donors (Lipinski definition) is 22. The summed E-state index contributed by atoms with van der Waals surface area (Å²) in [6, 6.07) is -12.1. The van der Waals surface area contributed by atoms with Gasteiger partial charge in [0.2, 0.25) is 59.1 Å². The third-order valence-electron chi connectivity index (χ3n) is 12.7. The first-order chi connectivity index (χ1) is 39.9. The van der Waals surface area contributed by atoms with E-state index in [1.807, 2.05) is 0 Å². The van der Waals surface area contributed by atoms with Crippen LogP contribution in [0, 0.1) is 11.3 Å². The monoisotopic (exact) mass is 1210 g/mol. The average Bonchev–Trinajstić information content (AvgIpc) is 3.57. The number of nitrogens with two attached hydrogens (primary N) is 10. The van der Waals surface area contributed by atoms with Crippen molar-refractivity contribution in [3.8, 4) is 0 Å². The lowest BCUT2D eigenvalue weighted by Gasteiger charge is -2.29. The maximum absolute atomic E-state index is 14.5. The molecule has 0 aliphatic carbocycles. The number of primary amides is 1. The molecule has 0 aromatic rings. The SMILES string of the molecule is CC(=O)N[C@@H](CCCN=C(N)N)C(=O)N[C@@H](C)C(=O)N[C@H](C(=O)N[C@@H](CCCN=C(N)N)C(=O)N[C@@H](CCCNC(=N)N)C(=O)N[C@@H](CCCCN)C(=O)N[C@@H](CCCCN)C(=O)N[C@@H](CCCN=C(N)N)C(=O)N[C@H](C(N)=O)[C@@H](C)O)C(C)C. The Kier molecular flexibility index (Phi) is 38.3. The zero-order valence-corrected chi connectivity index (χ0v) is 49.6. The fourth-order valence-corrected chi connectivity index (χ4v) is 8.11. The van der Waals surface area contributed by atoms with Crippen molar-refractivity contribution in [2.75, 3.05) is 39.3 Å². The van der Waals surface area contributed by atoms with Crippen LogP contribution >= 0.6 is 0 Å². The summed E-state index contributed by atoms with van der Waals surface area (Å²) in [6.45, 7) is 7.75. The van der Waals surface area contributed by atoms with Crippen LogP contribution < -0.4 is 111 Å². The summed E-state index contributed by atoms with van der Waals surface area (Å²) in [6.07, 6.45) is 0.464. The van der Waals surface area contributed by atoms with E-state index in [0.717, 1.165) is 0 Å². The summed E-state index contributed by atoms with van der Waals surface area (Å²) in [5.74, 6) is -9.86. The normalized spacial score (nSPS) is 14.4. The van der Waals surface area contributed by atoms with Gasteiger partial charge in [0.15, 0.2) is 23.8 Å². The van der Waals surface area contributed by atoms with E-state index in [0.29, 0.717) is 32.1 Å². The van der Waals surface area contributed by atoms with Gasteiger partial charge in [0.05, 0.1) is 6.10 Å². The number of hydrogen-bond acceptors (Lipinski definition) is 17. The molecule has 484 valence electrons. The Morgan fingerprint density at radius 2 is 0.729 bits per heavy atom. The standard InChI is InChI=1S/C50H98N24O11/c1-26(2)36(73-39(78)27(3)66-40(79)30(67-29(5)76)16-10-22-62-47(54)55)46(85)72-34(18-12-24-64-49(58)59)44(83)70-33(17-11-23-63-48(56)57)43(82)69-31(14-6-8-20-51)41(80)68-32(15-7-9-21-52)42(81)71-35(19-13-25-65-50(60)61)45(84)74-37(28(4)75)38(53)77/h26-28,30-37,75H,6-25,51-52H2,1-5H3,(H2,53,77)(H,66,79)(H,67,76)(H,68,80)(H,69,82)(H,70,83)(H,71,81)(H,72,85)(H,73,78)(H,74,84)(H4,54,55,62)(H4,56,57,63)(H4,58,59,64)(H4,60,61,65)/t27-,28+,30-,31-,32-,33-,34-,35-,36-,37-/m0/s1. The molecule has 10 amide bonds. The zero-order chi connectivity index (χ0) is 64.8. The largest absolute Gasteiger partial charge is 0.391 e. The van der Waals surface area contributed by atoms with Crippen LogP contribution in [-0.2, 0) is 47.9 Å². The van der Waals surface area contributed by atoms with Gasteiger partial charge in [0.1, 0.15) is 54.4 Å². The van der Waals surface area contributed by atoms with Crippen molar-refractivity contribution in [3.05, 3.63) is 0 Å². The first-order valence-corrected chi connectivity index (χ1v) is 28.3. The summed E-state index contributed by atoms with van der Waals surface area (Å²) in [4.78, 5) is 148. The molecule has 0 aromatic carbocycles. The zero-order valence-electron chi connectivity index (χ0n) is 49.6. The first kappa shape index (κ1) is 76.7. The molecule has 0 spiro atoms. The van der Waals surface area contributed by atoms with Crippen LogP contribution in [0.1, 0.15) is 125 Å². The van der Waals surface area contributed by atoms with Gasteiger partial charge < -0.3 is 116 Å². The Labute approximate surface area is 495 Å². The predicted molar refractivity (Wildman–Crippen MR) is 319 cm³/mol. The smallest absolute Gasteiger partial charge is 0.243 e. The number of unbranched alkanes of at least 4 members (excludes halogenated alkanes) is 2. The summed E-state index contributed by atoms with van der Waals surface area (Å²) in [5.41, 5.74) is 55.2. The van der Waals surface area contributed by atoms with Gasteiger partial charge in [0, 0.05) is 33.1 Å². The fraction of sp³-hybridized carbons (Fsp3) is 0.720. The van der Waals surface area contributed by atoms with E-state index in [1.165, 1.54) is 20.8 Å². The second-order valence-electron chi connectivity index (χ2n) is 20.5. The minimum absolute atomic E-state index is 0.00275. The molecular weight excluding hydrogens is 1110 g/mol. The van der Waals surface area contributed by atoms with Crippen LogP contribution in [0.4, 0.5) is 0 Å². The second-order valence-corrected chi connectivity index (χ2v) is 20.5. The third-order valence-corrected chi connectivity index (χ3v) is 12.7. The van der Waals surface area contributed by atoms with Crippen LogP contribution in [0.25, 0.3) is 0 Å². The fourth-order valence-electron chi connectivity index (χ4n) is 8.11. The maximum atomic E-state index is 14.5. The molecular formula is C50H98N24O11. The van der Waals surface area contributed by atoms with E-state index in [4.69, 9.17) is 62.7 Å². The molecule has 85 heavy (non-hydrogen) atoms. The Bertz CT molecular complexity index is 2260. The lowest BCUT2D eigenvalue weighted by atomic mass is 10.0. The van der Waals surface area contributed by atoms with E-state index in [-0.39, 0.29) is 121 Å². The van der Waals surface area contributed by atoms with Crippen molar-refractivity contribution in [1.29, 1.82) is 5.41 Å². The van der Waals surface area contributed by atoms with Crippen molar-refractivity contribution in [2.45, 2.75) is 185 Å². The van der Waals surface area contributed by atoms with Gasteiger partial charge in [-0.1, -0.05) is 13.8 Å². The topological polar surface area (TPSA) is 632 Å². The highest BCUT2D eigenvalue weighted by molar-refractivity contribution is 5.98. The average molecular weight is 1210 g/mol. The van der Waals surface area contributed by atoms with Crippen LogP contribution in [0.15, 0.2) is 15.0 Å². The number of nitrogens with one attached hydrogen (secondary N) is 11. The minimum atomic E-state index is -1.53. The summed E-state index contributed by atoms with van der Waals surface area (Å²) in [7, 11) is 0. The van der Waals surface area contributed by atoms with Crippen molar-refractivity contribution in [2.24, 2.45) is 78.2 Å². The maximum Gasteiger partial charge on any atom is 0.243 e. The number of carbonyl (C=O) groups excluding carboxylic acids is 10. The third kappa shape index (κ3) is 34.1. The molecule has 0 heterocycles. The van der Waals surface area contributed by atoms with Gasteiger partial charge in [0.25, 0.3) is 0 Å².